The summed E-state index contributed by atoms with van der Waals surface area (Å²) < 4.78 is 19.4. The number of hydrogen-bond donors (Lipinski definition) is 0. The normalized spacial score (nSPS) is 13.5. The molecule has 0 saturated heterocycles. The fourth-order valence-corrected chi connectivity index (χ4v) is 2.46. The number of carbonyl (C=O) groups excluding carboxylic acids is 1. The maximum absolute atomic E-state index is 13.9. The predicted molar refractivity (Wildman–Crippen MR) is 77.2 cm³/mol. The van der Waals surface area contributed by atoms with Crippen LogP contribution >= 0.6 is 11.6 Å². The molecule has 2 heterocycles. The van der Waals surface area contributed by atoms with E-state index in [0.29, 0.717) is 24.6 Å². The van der Waals surface area contributed by atoms with Crippen molar-refractivity contribution in [2.45, 2.75) is 6.42 Å². The van der Waals surface area contributed by atoms with Crippen molar-refractivity contribution in [3.63, 3.8) is 0 Å². The van der Waals surface area contributed by atoms with E-state index >= 15 is 0 Å². The van der Waals surface area contributed by atoms with Gasteiger partial charge in [-0.2, -0.15) is 0 Å². The van der Waals surface area contributed by atoms with E-state index in [1.807, 2.05) is 0 Å². The fraction of sp³-hybridized carbons (Fsp3) is 0.200. The zero-order chi connectivity index (χ0) is 14.8. The number of anilines is 1. The summed E-state index contributed by atoms with van der Waals surface area (Å²) in [6.45, 7) is 0.820. The van der Waals surface area contributed by atoms with Gasteiger partial charge in [-0.15, -0.1) is 0 Å². The highest BCUT2D eigenvalue weighted by atomic mass is 35.5. The number of aromatic nitrogens is 1. The van der Waals surface area contributed by atoms with E-state index in [0.717, 1.165) is 0 Å². The van der Waals surface area contributed by atoms with E-state index in [1.165, 1.54) is 6.07 Å². The molecule has 0 bridgehead atoms. The Morgan fingerprint density at radius 1 is 1.43 bits per heavy atom. The second kappa shape index (κ2) is 5.69. The predicted octanol–water partition coefficient (Wildman–Crippen LogP) is 2.84. The van der Waals surface area contributed by atoms with Crippen molar-refractivity contribution in [3.8, 4) is 5.75 Å². The third-order valence-corrected chi connectivity index (χ3v) is 3.59. The van der Waals surface area contributed by atoms with E-state index in [4.69, 9.17) is 16.3 Å². The first-order valence-corrected chi connectivity index (χ1v) is 6.84. The van der Waals surface area contributed by atoms with Gasteiger partial charge in [-0.05, 0) is 11.6 Å². The Morgan fingerprint density at radius 2 is 2.29 bits per heavy atom. The van der Waals surface area contributed by atoms with Crippen LogP contribution in [-0.4, -0.2) is 24.0 Å². The van der Waals surface area contributed by atoms with Gasteiger partial charge in [0.1, 0.15) is 23.9 Å². The summed E-state index contributed by atoms with van der Waals surface area (Å²) in [7, 11) is 0. The van der Waals surface area contributed by atoms with Crippen molar-refractivity contribution in [3.05, 3.63) is 53.1 Å². The summed E-state index contributed by atoms with van der Waals surface area (Å²) >= 11 is 5.73. The second-order valence-electron chi connectivity index (χ2n) is 4.63. The first-order valence-electron chi connectivity index (χ1n) is 6.47. The number of rotatable bonds is 2. The van der Waals surface area contributed by atoms with Gasteiger partial charge in [-0.25, -0.2) is 4.39 Å². The lowest BCUT2D eigenvalue weighted by Gasteiger charge is -2.29. The van der Waals surface area contributed by atoms with E-state index in [2.05, 4.69) is 4.98 Å². The highest BCUT2D eigenvalue weighted by Gasteiger charge is 2.24. The molecule has 21 heavy (non-hydrogen) atoms. The van der Waals surface area contributed by atoms with Crippen LogP contribution in [-0.2, 0) is 11.2 Å². The van der Waals surface area contributed by atoms with Crippen LogP contribution in [0.2, 0.25) is 5.02 Å². The molecule has 108 valence electrons. The Hall–Kier alpha value is -2.14. The molecule has 0 unspecified atom stereocenters. The van der Waals surface area contributed by atoms with Gasteiger partial charge in [0, 0.05) is 12.3 Å². The summed E-state index contributed by atoms with van der Waals surface area (Å²) in [5.41, 5.74) is 0.889. The number of pyridine rings is 1. The van der Waals surface area contributed by atoms with Gasteiger partial charge < -0.3 is 9.64 Å². The van der Waals surface area contributed by atoms with Crippen molar-refractivity contribution >= 4 is 23.2 Å². The van der Waals surface area contributed by atoms with Gasteiger partial charge in [0.25, 0.3) is 0 Å². The Kier molecular flexibility index (Phi) is 3.75. The fourth-order valence-electron chi connectivity index (χ4n) is 2.27. The van der Waals surface area contributed by atoms with Crippen LogP contribution in [0.5, 0.6) is 5.75 Å². The van der Waals surface area contributed by atoms with Crippen LogP contribution in [0.25, 0.3) is 0 Å². The molecule has 0 atom stereocenters. The molecule has 0 spiro atoms. The number of amides is 1. The number of nitrogens with zero attached hydrogens (tertiary/aromatic N) is 2. The Balaban J connectivity index is 1.85. The third kappa shape index (κ3) is 2.69. The van der Waals surface area contributed by atoms with Gasteiger partial charge >= 0.3 is 0 Å². The average molecular weight is 307 g/mol. The second-order valence-corrected chi connectivity index (χ2v) is 5.03. The standard InChI is InChI=1S/C15H12ClFN2O2/c16-11-3-1-2-10(15(11)17)8-14(20)19-6-7-21-13-4-5-18-9-12(13)19/h1-5,9H,6-8H2. The largest absolute Gasteiger partial charge is 0.489 e. The van der Waals surface area contributed by atoms with Gasteiger partial charge in [-0.3, -0.25) is 9.78 Å². The molecule has 1 aliphatic heterocycles. The SMILES string of the molecule is O=C(Cc1cccc(Cl)c1F)N1CCOc2ccncc21. The van der Waals surface area contributed by atoms with Crippen molar-refractivity contribution in [2.75, 3.05) is 18.1 Å². The number of benzene rings is 1. The van der Waals surface area contributed by atoms with E-state index < -0.39 is 5.82 Å². The molecule has 0 radical (unpaired) electrons. The van der Waals surface area contributed by atoms with Crippen molar-refractivity contribution in [1.29, 1.82) is 0 Å². The molecule has 0 N–H and O–H groups in total. The molecular weight excluding hydrogens is 295 g/mol. The lowest BCUT2D eigenvalue weighted by Crippen LogP contribution is -2.39. The molecule has 6 heteroatoms. The quantitative estimate of drug-likeness (QED) is 0.857. The molecule has 1 aliphatic rings. The van der Waals surface area contributed by atoms with E-state index in [9.17, 15) is 9.18 Å². The lowest BCUT2D eigenvalue weighted by molar-refractivity contribution is -0.118. The maximum Gasteiger partial charge on any atom is 0.231 e. The number of fused-ring (bicyclic) bond motifs is 1. The highest BCUT2D eigenvalue weighted by molar-refractivity contribution is 6.30. The molecule has 0 fully saturated rings. The minimum absolute atomic E-state index is 0.0179. The van der Waals surface area contributed by atoms with Crippen LogP contribution in [0.4, 0.5) is 10.1 Å². The average Bonchev–Trinajstić information content (AvgIpc) is 2.51. The van der Waals surface area contributed by atoms with Crippen LogP contribution in [0.15, 0.2) is 36.7 Å². The Morgan fingerprint density at radius 3 is 3.14 bits per heavy atom. The van der Waals surface area contributed by atoms with Crippen LogP contribution < -0.4 is 9.64 Å². The maximum atomic E-state index is 13.9. The Labute approximate surface area is 126 Å². The van der Waals surface area contributed by atoms with Crippen molar-refractivity contribution in [1.82, 2.24) is 4.98 Å². The van der Waals surface area contributed by atoms with Crippen LogP contribution in [0.3, 0.4) is 0 Å². The molecule has 1 aromatic carbocycles. The van der Waals surface area contributed by atoms with Gasteiger partial charge in [0.05, 0.1) is 24.2 Å². The first kappa shape index (κ1) is 13.8. The van der Waals surface area contributed by atoms with E-state index in [-0.39, 0.29) is 22.9 Å². The first-order chi connectivity index (χ1) is 10.2. The van der Waals surface area contributed by atoms with Gasteiger partial charge in [-0.1, -0.05) is 23.7 Å². The molecule has 0 aliphatic carbocycles. The highest BCUT2D eigenvalue weighted by Crippen LogP contribution is 2.30. The summed E-state index contributed by atoms with van der Waals surface area (Å²) in [5.74, 6) is -0.155. The molecule has 2 aromatic rings. The molecule has 4 nitrogen and oxygen atoms in total. The third-order valence-electron chi connectivity index (χ3n) is 3.30. The zero-order valence-corrected chi connectivity index (χ0v) is 11.8. The van der Waals surface area contributed by atoms with Crippen LogP contribution in [0, 0.1) is 5.82 Å². The topological polar surface area (TPSA) is 42.4 Å². The number of hydrogen-bond acceptors (Lipinski definition) is 3. The summed E-state index contributed by atoms with van der Waals surface area (Å²) in [6, 6.07) is 6.35. The van der Waals surface area contributed by atoms with Gasteiger partial charge in [0.2, 0.25) is 5.91 Å². The minimum atomic E-state index is -0.549. The number of ether oxygens (including phenoxy) is 1. The Bertz CT molecular complexity index is 693. The monoisotopic (exact) mass is 306 g/mol. The lowest BCUT2D eigenvalue weighted by atomic mass is 10.1. The van der Waals surface area contributed by atoms with E-state index in [1.54, 1.807) is 35.5 Å². The number of carbonyl (C=O) groups is 1. The minimum Gasteiger partial charge on any atom is -0.489 e. The molecule has 1 aromatic heterocycles. The van der Waals surface area contributed by atoms with Crippen LogP contribution in [0.1, 0.15) is 5.56 Å². The molecular formula is C15H12ClFN2O2. The molecule has 3 rings (SSSR count). The summed E-state index contributed by atoms with van der Waals surface area (Å²) in [6.07, 6.45) is 3.12. The van der Waals surface area contributed by atoms with Crippen molar-refractivity contribution < 1.29 is 13.9 Å². The van der Waals surface area contributed by atoms with Gasteiger partial charge in [0.15, 0.2) is 0 Å². The number of halogens is 2. The molecule has 0 saturated carbocycles. The smallest absolute Gasteiger partial charge is 0.231 e. The zero-order valence-electron chi connectivity index (χ0n) is 11.1. The summed E-state index contributed by atoms with van der Waals surface area (Å²) in [5, 5.41) is 0.0179. The molecule has 1 amide bonds. The summed E-state index contributed by atoms with van der Waals surface area (Å²) in [4.78, 5) is 18.0. The van der Waals surface area contributed by atoms with Crippen molar-refractivity contribution in [2.24, 2.45) is 0 Å².